The Morgan fingerprint density at radius 2 is 2.19 bits per heavy atom. The molecule has 1 aromatic rings. The fourth-order valence-corrected chi connectivity index (χ4v) is 2.09. The van der Waals surface area contributed by atoms with E-state index in [4.69, 9.17) is 22.1 Å². The van der Waals surface area contributed by atoms with Crippen molar-refractivity contribution in [2.24, 2.45) is 5.73 Å². The summed E-state index contributed by atoms with van der Waals surface area (Å²) in [5.74, 6) is 0.396. The van der Waals surface area contributed by atoms with Gasteiger partial charge in [0.25, 0.3) is 5.91 Å². The van der Waals surface area contributed by atoms with Gasteiger partial charge in [0.15, 0.2) is 6.61 Å². The Hall–Kier alpha value is -1.26. The van der Waals surface area contributed by atoms with Crippen LogP contribution in [0.5, 0.6) is 5.75 Å². The van der Waals surface area contributed by atoms with E-state index in [1.807, 2.05) is 12.1 Å². The third-order valence-corrected chi connectivity index (χ3v) is 3.53. The van der Waals surface area contributed by atoms with E-state index in [9.17, 15) is 4.79 Å². The van der Waals surface area contributed by atoms with Crippen molar-refractivity contribution in [3.05, 3.63) is 28.8 Å². The van der Waals surface area contributed by atoms with E-state index in [2.05, 4.69) is 19.2 Å². The first kappa shape index (κ1) is 17.8. The van der Waals surface area contributed by atoms with Crippen LogP contribution < -0.4 is 15.8 Å². The van der Waals surface area contributed by atoms with Gasteiger partial charge in [-0.05, 0) is 37.0 Å². The molecule has 1 aromatic carbocycles. The molecule has 0 saturated carbocycles. The Morgan fingerprint density at radius 3 is 2.81 bits per heavy atom. The third kappa shape index (κ3) is 6.82. The molecular formula is C16H25ClN2O2. The van der Waals surface area contributed by atoms with Gasteiger partial charge < -0.3 is 15.8 Å². The van der Waals surface area contributed by atoms with Gasteiger partial charge in [-0.25, -0.2) is 0 Å². The summed E-state index contributed by atoms with van der Waals surface area (Å²) in [6.45, 7) is 4.80. The van der Waals surface area contributed by atoms with Crippen molar-refractivity contribution in [2.45, 2.75) is 45.6 Å². The summed E-state index contributed by atoms with van der Waals surface area (Å²) in [6.07, 6.45) is 3.73. The van der Waals surface area contributed by atoms with Gasteiger partial charge in [0.05, 0.1) is 5.02 Å². The number of hydrogen-bond acceptors (Lipinski definition) is 3. The Balaban J connectivity index is 2.47. The number of benzene rings is 1. The minimum atomic E-state index is -0.128. The van der Waals surface area contributed by atoms with Crippen LogP contribution in [0.15, 0.2) is 18.2 Å². The highest BCUT2D eigenvalue weighted by Crippen LogP contribution is 2.26. The van der Waals surface area contributed by atoms with E-state index < -0.39 is 0 Å². The summed E-state index contributed by atoms with van der Waals surface area (Å²) in [5, 5.41) is 3.31. The molecule has 21 heavy (non-hydrogen) atoms. The van der Waals surface area contributed by atoms with Gasteiger partial charge in [-0.15, -0.1) is 0 Å². The highest BCUT2D eigenvalue weighted by molar-refractivity contribution is 6.32. The maximum Gasteiger partial charge on any atom is 0.257 e. The van der Waals surface area contributed by atoms with E-state index in [-0.39, 0.29) is 18.6 Å². The summed E-state index contributed by atoms with van der Waals surface area (Å²) < 4.78 is 5.44. The lowest BCUT2D eigenvalue weighted by molar-refractivity contribution is -0.123. The summed E-state index contributed by atoms with van der Waals surface area (Å²) in [6, 6.07) is 5.71. The topological polar surface area (TPSA) is 64.3 Å². The molecule has 0 aliphatic rings. The summed E-state index contributed by atoms with van der Waals surface area (Å²) >= 11 is 6.17. The quantitative estimate of drug-likeness (QED) is 0.689. The molecule has 1 amide bonds. The second-order valence-electron chi connectivity index (χ2n) is 5.13. The van der Waals surface area contributed by atoms with Gasteiger partial charge in [-0.3, -0.25) is 4.79 Å². The standard InChI is InChI=1S/C16H25ClN2O2/c1-3-5-8-19-16(20)11-21-15-7-6-12(10-14(15)17)9-13(18)4-2/h6-7,10,13H,3-5,8-9,11,18H2,1-2H3,(H,19,20). The van der Waals surface area contributed by atoms with Crippen molar-refractivity contribution in [3.63, 3.8) is 0 Å². The van der Waals surface area contributed by atoms with E-state index in [0.717, 1.165) is 31.2 Å². The largest absolute Gasteiger partial charge is 0.482 e. The number of rotatable bonds is 9. The molecular weight excluding hydrogens is 288 g/mol. The molecule has 0 bridgehead atoms. The normalized spacial score (nSPS) is 12.0. The van der Waals surface area contributed by atoms with Gasteiger partial charge in [0, 0.05) is 12.6 Å². The zero-order valence-electron chi connectivity index (χ0n) is 12.8. The fraction of sp³-hybridized carbons (Fsp3) is 0.562. The molecule has 3 N–H and O–H groups in total. The molecule has 0 aliphatic carbocycles. The number of halogens is 1. The molecule has 0 saturated heterocycles. The highest BCUT2D eigenvalue weighted by atomic mass is 35.5. The number of nitrogens with two attached hydrogens (primary N) is 1. The monoisotopic (exact) mass is 312 g/mol. The predicted octanol–water partition coefficient (Wildman–Crippen LogP) is 2.91. The average Bonchev–Trinajstić information content (AvgIpc) is 2.46. The first-order valence-corrected chi connectivity index (χ1v) is 7.88. The van der Waals surface area contributed by atoms with Gasteiger partial charge >= 0.3 is 0 Å². The van der Waals surface area contributed by atoms with Crippen LogP contribution in [0.3, 0.4) is 0 Å². The van der Waals surface area contributed by atoms with Crippen LogP contribution >= 0.6 is 11.6 Å². The number of carbonyl (C=O) groups is 1. The van der Waals surface area contributed by atoms with E-state index in [0.29, 0.717) is 17.3 Å². The van der Waals surface area contributed by atoms with Gasteiger partial charge in [-0.2, -0.15) is 0 Å². The van der Waals surface area contributed by atoms with Crippen LogP contribution in [0, 0.1) is 0 Å². The van der Waals surface area contributed by atoms with Crippen LogP contribution in [0.2, 0.25) is 5.02 Å². The number of unbranched alkanes of at least 4 members (excludes halogenated alkanes) is 1. The van der Waals surface area contributed by atoms with Gasteiger partial charge in [0.1, 0.15) is 5.75 Å². The molecule has 1 unspecified atom stereocenters. The van der Waals surface area contributed by atoms with E-state index >= 15 is 0 Å². The maximum absolute atomic E-state index is 11.6. The lowest BCUT2D eigenvalue weighted by atomic mass is 10.0. The summed E-state index contributed by atoms with van der Waals surface area (Å²) in [7, 11) is 0. The molecule has 0 fully saturated rings. The molecule has 1 atom stereocenters. The maximum atomic E-state index is 11.6. The minimum absolute atomic E-state index is 0.0166. The molecule has 4 nitrogen and oxygen atoms in total. The Bertz CT molecular complexity index is 452. The number of ether oxygens (including phenoxy) is 1. The van der Waals surface area contributed by atoms with Crippen molar-refractivity contribution in [1.82, 2.24) is 5.32 Å². The van der Waals surface area contributed by atoms with Crippen molar-refractivity contribution in [3.8, 4) is 5.75 Å². The lowest BCUT2D eigenvalue weighted by Crippen LogP contribution is -2.29. The van der Waals surface area contributed by atoms with Crippen LogP contribution in [0.4, 0.5) is 0 Å². The van der Waals surface area contributed by atoms with Crippen molar-refractivity contribution >= 4 is 17.5 Å². The molecule has 0 aliphatic heterocycles. The van der Waals surface area contributed by atoms with Gasteiger partial charge in [0.2, 0.25) is 0 Å². The van der Waals surface area contributed by atoms with Crippen LogP contribution in [-0.4, -0.2) is 25.1 Å². The van der Waals surface area contributed by atoms with Crippen LogP contribution in [0.25, 0.3) is 0 Å². The van der Waals surface area contributed by atoms with E-state index in [1.165, 1.54) is 0 Å². The first-order chi connectivity index (χ1) is 10.1. The number of amides is 1. The molecule has 0 heterocycles. The number of carbonyl (C=O) groups excluding carboxylic acids is 1. The van der Waals surface area contributed by atoms with Crippen LogP contribution in [-0.2, 0) is 11.2 Å². The first-order valence-electron chi connectivity index (χ1n) is 7.50. The zero-order chi connectivity index (χ0) is 15.7. The lowest BCUT2D eigenvalue weighted by Gasteiger charge is -2.12. The molecule has 0 aromatic heterocycles. The molecule has 0 radical (unpaired) electrons. The second kappa shape index (κ2) is 9.64. The second-order valence-corrected chi connectivity index (χ2v) is 5.54. The molecule has 0 spiro atoms. The molecule has 5 heteroatoms. The number of hydrogen-bond donors (Lipinski definition) is 2. The number of nitrogens with one attached hydrogen (secondary N) is 1. The highest BCUT2D eigenvalue weighted by Gasteiger charge is 2.08. The van der Waals surface area contributed by atoms with Crippen molar-refractivity contribution in [1.29, 1.82) is 0 Å². The predicted molar refractivity (Wildman–Crippen MR) is 86.8 cm³/mol. The Kier molecular flexibility index (Phi) is 8.16. The molecule has 118 valence electrons. The minimum Gasteiger partial charge on any atom is -0.482 e. The smallest absolute Gasteiger partial charge is 0.257 e. The van der Waals surface area contributed by atoms with Gasteiger partial charge in [-0.1, -0.05) is 37.9 Å². The van der Waals surface area contributed by atoms with Crippen molar-refractivity contribution < 1.29 is 9.53 Å². The zero-order valence-corrected chi connectivity index (χ0v) is 13.6. The van der Waals surface area contributed by atoms with Crippen LogP contribution in [0.1, 0.15) is 38.7 Å². The fourth-order valence-electron chi connectivity index (χ4n) is 1.83. The van der Waals surface area contributed by atoms with E-state index in [1.54, 1.807) is 6.07 Å². The third-order valence-electron chi connectivity index (χ3n) is 3.23. The summed E-state index contributed by atoms with van der Waals surface area (Å²) in [4.78, 5) is 11.6. The molecule has 1 rings (SSSR count). The van der Waals surface area contributed by atoms with Crippen molar-refractivity contribution in [2.75, 3.05) is 13.2 Å². The summed E-state index contributed by atoms with van der Waals surface area (Å²) in [5.41, 5.74) is 7.00. The Morgan fingerprint density at radius 1 is 1.43 bits per heavy atom. The SMILES string of the molecule is CCCCNC(=O)COc1ccc(CC(N)CC)cc1Cl. The average molecular weight is 313 g/mol. The Labute approximate surface area is 132 Å².